The number of nitrogens with two attached hydrogens (primary N) is 1. The Balaban J connectivity index is 2.64. The number of benzene rings is 1. The van der Waals surface area contributed by atoms with Gasteiger partial charge in [-0.05, 0) is 49.9 Å². The molecule has 0 aliphatic carbocycles. The van der Waals surface area contributed by atoms with Crippen LogP contribution in [0.1, 0.15) is 29.6 Å². The fraction of sp³-hybridized carbons (Fsp3) is 0.500. The quantitative estimate of drug-likeness (QED) is 0.559. The molecule has 1 aromatic carbocycles. The van der Waals surface area contributed by atoms with Crippen LogP contribution in [-0.4, -0.2) is 43.0 Å². The minimum Gasteiger partial charge on any atom is -0.354 e. The molecule has 5 nitrogen and oxygen atoms in total. The second-order valence-electron chi connectivity index (χ2n) is 5.07. The van der Waals surface area contributed by atoms with Crippen molar-refractivity contribution in [3.63, 3.8) is 0 Å². The van der Waals surface area contributed by atoms with Crippen molar-refractivity contribution in [1.82, 2.24) is 10.6 Å². The van der Waals surface area contributed by atoms with Gasteiger partial charge in [-0.15, -0.1) is 0 Å². The Morgan fingerprint density at radius 2 is 2.04 bits per heavy atom. The molecular weight excluding hydrogens is 334 g/mol. The summed E-state index contributed by atoms with van der Waals surface area (Å²) in [5.41, 5.74) is 5.80. The van der Waals surface area contributed by atoms with E-state index in [-0.39, 0.29) is 11.8 Å². The van der Waals surface area contributed by atoms with E-state index >= 15 is 0 Å². The van der Waals surface area contributed by atoms with Crippen molar-refractivity contribution in [1.29, 1.82) is 0 Å². The summed E-state index contributed by atoms with van der Waals surface area (Å²) in [6.07, 6.45) is 4.23. The molecule has 0 radical (unpaired) electrons. The zero-order valence-corrected chi connectivity index (χ0v) is 14.9. The highest BCUT2D eigenvalue weighted by Crippen LogP contribution is 2.15. The highest BCUT2D eigenvalue weighted by atomic mass is 35.5. The molecule has 0 bridgehead atoms. The van der Waals surface area contributed by atoms with Crippen LogP contribution in [0.4, 0.5) is 0 Å². The second kappa shape index (κ2) is 11.3. The Morgan fingerprint density at radius 1 is 1.30 bits per heavy atom. The number of unbranched alkanes of at least 4 members (excludes halogenated alkanes) is 1. The number of carbonyl (C=O) groups excluding carboxylic acids is 2. The number of rotatable bonds is 10. The van der Waals surface area contributed by atoms with Gasteiger partial charge in [0.25, 0.3) is 5.91 Å². The zero-order chi connectivity index (χ0) is 17.1. The van der Waals surface area contributed by atoms with Crippen LogP contribution in [-0.2, 0) is 4.79 Å². The summed E-state index contributed by atoms with van der Waals surface area (Å²) in [5, 5.41) is 5.99. The third kappa shape index (κ3) is 7.24. The molecule has 0 heterocycles. The topological polar surface area (TPSA) is 84.2 Å². The smallest absolute Gasteiger partial charge is 0.253 e. The van der Waals surface area contributed by atoms with Gasteiger partial charge < -0.3 is 16.4 Å². The fourth-order valence-electron chi connectivity index (χ4n) is 1.99. The molecule has 0 saturated carbocycles. The molecule has 1 aromatic rings. The maximum atomic E-state index is 12.3. The van der Waals surface area contributed by atoms with Crippen molar-refractivity contribution in [3.8, 4) is 0 Å². The number of thioether (sulfide) groups is 1. The van der Waals surface area contributed by atoms with Gasteiger partial charge in [0.15, 0.2) is 0 Å². The largest absolute Gasteiger partial charge is 0.354 e. The molecule has 0 aliphatic rings. The molecule has 0 saturated heterocycles. The number of nitrogens with one attached hydrogen (secondary N) is 2. The SMILES string of the molecule is CSCCC(NC(=O)c1ccccc1Cl)C(=O)NCCCCN. The van der Waals surface area contributed by atoms with Crippen molar-refractivity contribution in [2.45, 2.75) is 25.3 Å². The maximum absolute atomic E-state index is 12.3. The molecule has 0 spiro atoms. The molecule has 2 amide bonds. The summed E-state index contributed by atoms with van der Waals surface area (Å²) in [5.74, 6) is 0.277. The number of hydrogen-bond donors (Lipinski definition) is 3. The number of carbonyl (C=O) groups is 2. The van der Waals surface area contributed by atoms with Gasteiger partial charge in [-0.25, -0.2) is 0 Å². The van der Waals surface area contributed by atoms with E-state index in [2.05, 4.69) is 10.6 Å². The van der Waals surface area contributed by atoms with Gasteiger partial charge in [-0.3, -0.25) is 9.59 Å². The van der Waals surface area contributed by atoms with Gasteiger partial charge in [0.1, 0.15) is 6.04 Å². The second-order valence-corrected chi connectivity index (χ2v) is 6.47. The highest BCUT2D eigenvalue weighted by Gasteiger charge is 2.21. The van der Waals surface area contributed by atoms with Crippen molar-refractivity contribution >= 4 is 35.2 Å². The molecule has 7 heteroatoms. The maximum Gasteiger partial charge on any atom is 0.253 e. The Labute approximate surface area is 146 Å². The molecule has 128 valence electrons. The summed E-state index contributed by atoms with van der Waals surface area (Å²) in [4.78, 5) is 24.6. The molecule has 1 atom stereocenters. The fourth-order valence-corrected chi connectivity index (χ4v) is 2.68. The number of halogens is 1. The van der Waals surface area contributed by atoms with Gasteiger partial charge in [-0.2, -0.15) is 11.8 Å². The first-order valence-corrected chi connectivity index (χ1v) is 9.39. The first-order chi connectivity index (χ1) is 11.1. The Hall–Kier alpha value is -1.24. The normalized spacial score (nSPS) is 11.8. The van der Waals surface area contributed by atoms with Gasteiger partial charge in [-0.1, -0.05) is 23.7 Å². The van der Waals surface area contributed by atoms with E-state index in [4.69, 9.17) is 17.3 Å². The molecule has 23 heavy (non-hydrogen) atoms. The summed E-state index contributed by atoms with van der Waals surface area (Å²) >= 11 is 7.66. The van der Waals surface area contributed by atoms with E-state index in [1.54, 1.807) is 36.0 Å². The van der Waals surface area contributed by atoms with Gasteiger partial charge in [0.2, 0.25) is 5.91 Å². The van der Waals surface area contributed by atoms with E-state index in [0.29, 0.717) is 30.1 Å². The van der Waals surface area contributed by atoms with E-state index in [0.717, 1.165) is 18.6 Å². The van der Waals surface area contributed by atoms with Crippen LogP contribution in [0.25, 0.3) is 0 Å². The van der Waals surface area contributed by atoms with Crippen molar-refractivity contribution in [3.05, 3.63) is 34.9 Å². The summed E-state index contributed by atoms with van der Waals surface area (Å²) in [7, 11) is 0. The lowest BCUT2D eigenvalue weighted by atomic mass is 10.1. The molecule has 0 fully saturated rings. The number of hydrogen-bond acceptors (Lipinski definition) is 4. The third-order valence-corrected chi connectivity index (χ3v) is 4.25. The average molecular weight is 358 g/mol. The van der Waals surface area contributed by atoms with Gasteiger partial charge in [0.05, 0.1) is 10.6 Å². The van der Waals surface area contributed by atoms with Gasteiger partial charge >= 0.3 is 0 Å². The van der Waals surface area contributed by atoms with E-state index in [9.17, 15) is 9.59 Å². The van der Waals surface area contributed by atoms with Crippen molar-refractivity contribution < 1.29 is 9.59 Å². The van der Waals surface area contributed by atoms with E-state index in [1.807, 2.05) is 6.26 Å². The lowest BCUT2D eigenvalue weighted by molar-refractivity contribution is -0.123. The van der Waals surface area contributed by atoms with Crippen LogP contribution in [0, 0.1) is 0 Å². The van der Waals surface area contributed by atoms with Crippen LogP contribution < -0.4 is 16.4 Å². The number of amides is 2. The van der Waals surface area contributed by atoms with Gasteiger partial charge in [0, 0.05) is 6.54 Å². The van der Waals surface area contributed by atoms with Crippen LogP contribution in [0.2, 0.25) is 5.02 Å². The minimum absolute atomic E-state index is 0.170. The first kappa shape index (κ1) is 19.8. The third-order valence-electron chi connectivity index (χ3n) is 3.28. The van der Waals surface area contributed by atoms with Crippen LogP contribution in [0.3, 0.4) is 0 Å². The Kier molecular flexibility index (Phi) is 9.75. The Morgan fingerprint density at radius 3 is 2.70 bits per heavy atom. The van der Waals surface area contributed by atoms with Crippen LogP contribution in [0.5, 0.6) is 0 Å². The molecular formula is C16H24ClN3O2S. The minimum atomic E-state index is -0.566. The highest BCUT2D eigenvalue weighted by molar-refractivity contribution is 7.98. The summed E-state index contributed by atoms with van der Waals surface area (Å²) < 4.78 is 0. The first-order valence-electron chi connectivity index (χ1n) is 7.62. The zero-order valence-electron chi connectivity index (χ0n) is 13.3. The monoisotopic (exact) mass is 357 g/mol. The van der Waals surface area contributed by atoms with Crippen molar-refractivity contribution in [2.75, 3.05) is 25.1 Å². The molecule has 1 unspecified atom stereocenters. The Bertz CT molecular complexity index is 514. The lowest BCUT2D eigenvalue weighted by Crippen LogP contribution is -2.47. The van der Waals surface area contributed by atoms with Crippen molar-refractivity contribution in [2.24, 2.45) is 5.73 Å². The average Bonchev–Trinajstić information content (AvgIpc) is 2.55. The van der Waals surface area contributed by atoms with E-state index in [1.165, 1.54) is 0 Å². The molecule has 0 aliphatic heterocycles. The predicted octanol–water partition coefficient (Wildman–Crippen LogP) is 2.05. The standard InChI is InChI=1S/C16H24ClN3O2S/c1-23-11-8-14(16(22)19-10-5-4-9-18)20-15(21)12-6-2-3-7-13(12)17/h2-3,6-7,14H,4-5,8-11,18H2,1H3,(H,19,22)(H,20,21). The molecule has 0 aromatic heterocycles. The summed E-state index contributed by atoms with van der Waals surface area (Å²) in [6, 6.07) is 6.23. The summed E-state index contributed by atoms with van der Waals surface area (Å²) in [6.45, 7) is 1.17. The lowest BCUT2D eigenvalue weighted by Gasteiger charge is -2.18. The predicted molar refractivity (Wildman–Crippen MR) is 97.0 cm³/mol. The van der Waals surface area contributed by atoms with Crippen LogP contribution in [0.15, 0.2) is 24.3 Å². The van der Waals surface area contributed by atoms with Crippen LogP contribution >= 0.6 is 23.4 Å². The molecule has 1 rings (SSSR count). The van der Waals surface area contributed by atoms with E-state index < -0.39 is 6.04 Å². The molecule has 4 N–H and O–H groups in total.